The third-order valence-electron chi connectivity index (χ3n) is 0.906. The van der Waals surface area contributed by atoms with E-state index in [9.17, 15) is 4.79 Å². The van der Waals surface area contributed by atoms with Crippen molar-refractivity contribution in [3.05, 3.63) is 5.38 Å². The van der Waals surface area contributed by atoms with Gasteiger partial charge in [0, 0.05) is 5.38 Å². The molecule has 0 bridgehead atoms. The van der Waals surface area contributed by atoms with Crippen LogP contribution in [0.1, 0.15) is 0 Å². The summed E-state index contributed by atoms with van der Waals surface area (Å²) in [7, 11) is 0. The van der Waals surface area contributed by atoms with Gasteiger partial charge in [-0.05, 0) is 6.26 Å². The van der Waals surface area contributed by atoms with Gasteiger partial charge in [0.2, 0.25) is 0 Å². The van der Waals surface area contributed by atoms with Gasteiger partial charge in [-0.3, -0.25) is 5.32 Å². The van der Waals surface area contributed by atoms with E-state index in [-0.39, 0.29) is 0 Å². The molecule has 0 aromatic carbocycles. The van der Waals surface area contributed by atoms with Crippen molar-refractivity contribution in [1.29, 1.82) is 0 Å². The van der Waals surface area contributed by atoms with Gasteiger partial charge < -0.3 is 5.11 Å². The van der Waals surface area contributed by atoms with Crippen molar-refractivity contribution in [2.75, 3.05) is 11.6 Å². The van der Waals surface area contributed by atoms with Gasteiger partial charge in [-0.2, -0.15) is 0 Å². The summed E-state index contributed by atoms with van der Waals surface area (Å²) in [5.41, 5.74) is 0. The molecular weight excluding hydrogens is 184 g/mol. The fourth-order valence-electron chi connectivity index (χ4n) is 0.502. The van der Waals surface area contributed by atoms with Crippen molar-refractivity contribution in [1.82, 2.24) is 4.98 Å². The monoisotopic (exact) mass is 190 g/mol. The minimum absolute atomic E-state index is 0.418. The first-order chi connectivity index (χ1) is 5.22. The number of amides is 1. The molecule has 11 heavy (non-hydrogen) atoms. The number of carbonyl (C=O) groups is 1. The average molecular weight is 190 g/mol. The van der Waals surface area contributed by atoms with Gasteiger partial charge in [0.05, 0.1) is 0 Å². The van der Waals surface area contributed by atoms with Gasteiger partial charge in [-0.25, -0.2) is 9.78 Å². The Morgan fingerprint density at radius 2 is 2.64 bits per heavy atom. The van der Waals surface area contributed by atoms with Gasteiger partial charge in [0.1, 0.15) is 5.03 Å². The minimum Gasteiger partial charge on any atom is -0.465 e. The second-order valence-electron chi connectivity index (χ2n) is 1.63. The molecule has 1 amide bonds. The summed E-state index contributed by atoms with van der Waals surface area (Å²) in [6.45, 7) is 0. The predicted molar refractivity (Wildman–Crippen MR) is 45.5 cm³/mol. The number of carboxylic acid groups (broad SMARTS) is 1. The van der Waals surface area contributed by atoms with E-state index in [4.69, 9.17) is 5.11 Å². The average Bonchev–Trinajstić information content (AvgIpc) is 2.34. The maximum absolute atomic E-state index is 10.1. The molecule has 1 aromatic rings. The summed E-state index contributed by atoms with van der Waals surface area (Å²) in [6, 6.07) is 0. The summed E-state index contributed by atoms with van der Waals surface area (Å²) < 4.78 is 0. The maximum atomic E-state index is 10.1. The van der Waals surface area contributed by atoms with Crippen molar-refractivity contribution < 1.29 is 9.90 Å². The van der Waals surface area contributed by atoms with E-state index >= 15 is 0 Å². The first kappa shape index (κ1) is 8.35. The lowest BCUT2D eigenvalue weighted by molar-refractivity contribution is 0.209. The van der Waals surface area contributed by atoms with Crippen LogP contribution in [0.2, 0.25) is 0 Å². The largest absolute Gasteiger partial charge is 0.465 e. The van der Waals surface area contributed by atoms with E-state index in [1.54, 1.807) is 5.38 Å². The zero-order valence-corrected chi connectivity index (χ0v) is 7.33. The summed E-state index contributed by atoms with van der Waals surface area (Å²) in [4.78, 5) is 14.1. The number of hydrogen-bond donors (Lipinski definition) is 2. The molecular formula is C5H6N2O2S2. The molecule has 6 heteroatoms. The molecule has 2 N–H and O–H groups in total. The molecule has 0 saturated carbocycles. The third kappa shape index (κ3) is 2.39. The molecule has 0 unspecified atom stereocenters. The molecule has 1 aromatic heterocycles. The highest BCUT2D eigenvalue weighted by atomic mass is 32.2. The summed E-state index contributed by atoms with van der Waals surface area (Å²) >= 11 is 2.76. The number of nitrogens with one attached hydrogen (secondary N) is 1. The fourth-order valence-corrected chi connectivity index (χ4v) is 1.83. The smallest absolute Gasteiger partial charge is 0.410 e. The van der Waals surface area contributed by atoms with Crippen LogP contribution in [0.15, 0.2) is 10.4 Å². The molecule has 0 spiro atoms. The highest BCUT2D eigenvalue weighted by Gasteiger charge is 2.02. The Bertz CT molecular complexity index is 261. The van der Waals surface area contributed by atoms with E-state index in [0.29, 0.717) is 5.13 Å². The van der Waals surface area contributed by atoms with Crippen molar-refractivity contribution in [2.45, 2.75) is 5.03 Å². The van der Waals surface area contributed by atoms with Crippen LogP contribution in [0.3, 0.4) is 0 Å². The van der Waals surface area contributed by atoms with E-state index < -0.39 is 6.09 Å². The van der Waals surface area contributed by atoms with Crippen molar-refractivity contribution in [3.8, 4) is 0 Å². The number of aromatic nitrogens is 1. The molecule has 0 atom stereocenters. The number of nitrogens with zero attached hydrogens (tertiary/aromatic N) is 1. The third-order valence-corrected chi connectivity index (χ3v) is 2.44. The van der Waals surface area contributed by atoms with E-state index in [1.807, 2.05) is 6.26 Å². The Kier molecular flexibility index (Phi) is 2.72. The topological polar surface area (TPSA) is 62.2 Å². The van der Waals surface area contributed by atoms with E-state index in [1.165, 1.54) is 23.1 Å². The van der Waals surface area contributed by atoms with Crippen LogP contribution in [-0.2, 0) is 0 Å². The normalized spacial score (nSPS) is 9.55. The standard InChI is InChI=1S/C5H6N2O2S2/c1-10-3-2-11-4(6-3)7-5(8)9/h2H,1H3,(H,6,7)(H,8,9). The van der Waals surface area contributed by atoms with Crippen LogP contribution in [0.4, 0.5) is 9.93 Å². The molecule has 1 heterocycles. The molecule has 4 nitrogen and oxygen atoms in total. The minimum atomic E-state index is -1.08. The molecule has 60 valence electrons. The van der Waals surface area contributed by atoms with Crippen molar-refractivity contribution in [2.24, 2.45) is 0 Å². The molecule has 0 aliphatic heterocycles. The lowest BCUT2D eigenvalue weighted by Crippen LogP contribution is -2.06. The SMILES string of the molecule is CSc1csc(NC(=O)O)n1. The summed E-state index contributed by atoms with van der Waals surface area (Å²) in [5.74, 6) is 0. The number of anilines is 1. The maximum Gasteiger partial charge on any atom is 0.410 e. The molecule has 0 saturated heterocycles. The number of hydrogen-bond acceptors (Lipinski definition) is 4. The zero-order valence-electron chi connectivity index (χ0n) is 5.70. The molecule has 0 radical (unpaired) electrons. The van der Waals surface area contributed by atoms with Crippen molar-refractivity contribution >= 4 is 34.3 Å². The Morgan fingerprint density at radius 1 is 1.91 bits per heavy atom. The van der Waals surface area contributed by atoms with Crippen LogP contribution in [0.5, 0.6) is 0 Å². The second kappa shape index (κ2) is 3.59. The molecule has 0 aliphatic carbocycles. The van der Waals surface area contributed by atoms with Gasteiger partial charge >= 0.3 is 6.09 Å². The van der Waals surface area contributed by atoms with E-state index in [0.717, 1.165) is 5.03 Å². The van der Waals surface area contributed by atoms with Gasteiger partial charge in [-0.15, -0.1) is 23.1 Å². The first-order valence-corrected chi connectivity index (χ1v) is 4.82. The Balaban J connectivity index is 2.65. The number of rotatable bonds is 2. The summed E-state index contributed by atoms with van der Waals surface area (Å²) in [5, 5.41) is 13.5. The van der Waals surface area contributed by atoms with Crippen LogP contribution < -0.4 is 5.32 Å². The molecule has 1 rings (SSSR count). The Morgan fingerprint density at radius 3 is 3.09 bits per heavy atom. The number of thioether (sulfide) groups is 1. The van der Waals surface area contributed by atoms with Gasteiger partial charge in [-0.1, -0.05) is 0 Å². The van der Waals surface area contributed by atoms with E-state index in [2.05, 4.69) is 10.3 Å². The quantitative estimate of drug-likeness (QED) is 0.700. The van der Waals surface area contributed by atoms with Crippen molar-refractivity contribution in [3.63, 3.8) is 0 Å². The van der Waals surface area contributed by atoms with Gasteiger partial charge in [0.25, 0.3) is 0 Å². The predicted octanol–water partition coefficient (Wildman–Crippen LogP) is 1.95. The Hall–Kier alpha value is -0.750. The molecule has 0 fully saturated rings. The highest BCUT2D eigenvalue weighted by Crippen LogP contribution is 2.21. The second-order valence-corrected chi connectivity index (χ2v) is 3.31. The zero-order chi connectivity index (χ0) is 8.27. The molecule has 0 aliphatic rings. The fraction of sp³-hybridized carbons (Fsp3) is 0.200. The van der Waals surface area contributed by atoms with Crippen LogP contribution in [-0.4, -0.2) is 22.4 Å². The van der Waals surface area contributed by atoms with Crippen LogP contribution in [0.25, 0.3) is 0 Å². The Labute approximate surface area is 71.7 Å². The van der Waals surface area contributed by atoms with Gasteiger partial charge in [0.15, 0.2) is 5.13 Å². The highest BCUT2D eigenvalue weighted by molar-refractivity contribution is 7.98. The van der Waals surface area contributed by atoms with Crippen LogP contribution in [0, 0.1) is 0 Å². The number of thiazole rings is 1. The lowest BCUT2D eigenvalue weighted by atomic mass is 10.9. The first-order valence-electron chi connectivity index (χ1n) is 2.72. The van der Waals surface area contributed by atoms with Crippen LogP contribution >= 0.6 is 23.1 Å². The summed E-state index contributed by atoms with van der Waals surface area (Å²) in [6.07, 6.45) is 0.812. The lowest BCUT2D eigenvalue weighted by Gasteiger charge is -1.90.